The largest absolute Gasteiger partial charge is 0.493 e. The number of carbonyl (C=O) groups is 1. The Morgan fingerprint density at radius 2 is 1.88 bits per heavy atom. The van der Waals surface area contributed by atoms with E-state index in [-0.39, 0.29) is 12.3 Å². The maximum Gasteiger partial charge on any atom is 0.182 e. The molecule has 0 unspecified atom stereocenters. The highest BCUT2D eigenvalue weighted by Gasteiger charge is 2.21. The summed E-state index contributed by atoms with van der Waals surface area (Å²) in [7, 11) is 3.14. The molecule has 136 valence electrons. The predicted molar refractivity (Wildman–Crippen MR) is 107 cm³/mol. The van der Waals surface area contributed by atoms with Gasteiger partial charge in [0.25, 0.3) is 0 Å². The van der Waals surface area contributed by atoms with Gasteiger partial charge in [0.15, 0.2) is 22.4 Å². The van der Waals surface area contributed by atoms with E-state index in [1.54, 1.807) is 44.2 Å². The molecule has 0 spiro atoms. The van der Waals surface area contributed by atoms with E-state index in [9.17, 15) is 4.79 Å². The van der Waals surface area contributed by atoms with Crippen LogP contribution in [0.4, 0.5) is 5.69 Å². The summed E-state index contributed by atoms with van der Waals surface area (Å²) in [6.07, 6.45) is 1.07. The highest BCUT2D eigenvalue weighted by molar-refractivity contribution is 8.14. The molecule has 0 saturated heterocycles. The molecule has 0 amide bonds. The fourth-order valence-electron chi connectivity index (χ4n) is 2.73. The highest BCUT2D eigenvalue weighted by Crippen LogP contribution is 2.28. The Balaban J connectivity index is 1.87. The molecule has 0 saturated carbocycles. The molecule has 5 nitrogen and oxygen atoms in total. The predicted octanol–water partition coefficient (Wildman–Crippen LogP) is 3.89. The number of hydrogen-bond acceptors (Lipinski definition) is 6. The Hall–Kier alpha value is -2.47. The third-order valence-corrected chi connectivity index (χ3v) is 5.19. The maximum atomic E-state index is 12.9. The van der Waals surface area contributed by atoms with Gasteiger partial charge in [0.2, 0.25) is 0 Å². The van der Waals surface area contributed by atoms with Crippen LogP contribution in [0.5, 0.6) is 11.5 Å². The zero-order valence-corrected chi connectivity index (χ0v) is 15.8. The molecule has 26 heavy (non-hydrogen) atoms. The molecule has 0 fully saturated rings. The van der Waals surface area contributed by atoms with Crippen LogP contribution in [0.1, 0.15) is 16.8 Å². The average molecular weight is 370 g/mol. The first-order valence-corrected chi connectivity index (χ1v) is 9.46. The third kappa shape index (κ3) is 4.19. The minimum absolute atomic E-state index is 0.00341. The Labute approximate surface area is 158 Å². The van der Waals surface area contributed by atoms with Gasteiger partial charge in [-0.2, -0.15) is 0 Å². The summed E-state index contributed by atoms with van der Waals surface area (Å²) in [4.78, 5) is 19.5. The van der Waals surface area contributed by atoms with Crippen LogP contribution < -0.4 is 14.4 Å². The number of hydrogen-bond donors (Lipinski definition) is 0. The van der Waals surface area contributed by atoms with E-state index in [4.69, 9.17) is 9.47 Å². The SMILES string of the molecule is COc1ccc(C(=O)CN(C2=NCCCS2)c2ccccc2)cc1OC. The number of nitrogens with zero attached hydrogens (tertiary/aromatic N) is 2. The summed E-state index contributed by atoms with van der Waals surface area (Å²) in [6.45, 7) is 1.03. The Kier molecular flexibility index (Phi) is 6.17. The van der Waals surface area contributed by atoms with Crippen molar-refractivity contribution >= 4 is 28.4 Å². The Bertz CT molecular complexity index is 793. The monoisotopic (exact) mass is 370 g/mol. The maximum absolute atomic E-state index is 12.9. The zero-order valence-electron chi connectivity index (χ0n) is 15.0. The normalized spacial score (nSPS) is 13.7. The van der Waals surface area contributed by atoms with Crippen LogP contribution in [0.2, 0.25) is 0 Å². The summed E-state index contributed by atoms with van der Waals surface area (Å²) in [5, 5.41) is 0.899. The van der Waals surface area contributed by atoms with Gasteiger partial charge >= 0.3 is 0 Å². The van der Waals surface area contributed by atoms with Crippen molar-refractivity contribution < 1.29 is 14.3 Å². The van der Waals surface area contributed by atoms with Gasteiger partial charge < -0.3 is 14.4 Å². The Morgan fingerprint density at radius 3 is 2.54 bits per heavy atom. The van der Waals surface area contributed by atoms with Gasteiger partial charge in [-0.3, -0.25) is 9.79 Å². The number of ketones is 1. The van der Waals surface area contributed by atoms with Crippen molar-refractivity contribution in [1.82, 2.24) is 0 Å². The van der Waals surface area contributed by atoms with E-state index in [1.165, 1.54) is 0 Å². The second-order valence-electron chi connectivity index (χ2n) is 5.78. The Morgan fingerprint density at radius 1 is 1.12 bits per heavy atom. The molecule has 0 aromatic heterocycles. The van der Waals surface area contributed by atoms with E-state index >= 15 is 0 Å². The first-order valence-electron chi connectivity index (χ1n) is 8.48. The van der Waals surface area contributed by atoms with Crippen molar-refractivity contribution in [1.29, 1.82) is 0 Å². The van der Waals surface area contributed by atoms with Gasteiger partial charge in [-0.05, 0) is 36.8 Å². The van der Waals surface area contributed by atoms with E-state index in [0.717, 1.165) is 29.6 Å². The molecule has 0 bridgehead atoms. The third-order valence-electron chi connectivity index (χ3n) is 4.09. The molecule has 2 aromatic rings. The lowest BCUT2D eigenvalue weighted by Gasteiger charge is -2.27. The number of benzene rings is 2. The summed E-state index contributed by atoms with van der Waals surface area (Å²) >= 11 is 1.70. The standard InChI is InChI=1S/C20H22N2O3S/c1-24-18-10-9-15(13-19(18)25-2)17(23)14-22(16-7-4-3-5-8-16)20-21-11-6-12-26-20/h3-5,7-10,13H,6,11-12,14H2,1-2H3. The number of methoxy groups -OCH3 is 2. The first kappa shape index (κ1) is 18.3. The lowest BCUT2D eigenvalue weighted by molar-refractivity contribution is 0.100. The number of para-hydroxylation sites is 1. The van der Waals surface area contributed by atoms with Gasteiger partial charge in [-0.15, -0.1) is 0 Å². The molecular formula is C20H22N2O3S. The van der Waals surface area contributed by atoms with Crippen LogP contribution >= 0.6 is 11.8 Å². The van der Waals surface area contributed by atoms with Gasteiger partial charge in [0.05, 0.1) is 20.8 Å². The van der Waals surface area contributed by atoms with Crippen molar-refractivity contribution in [2.75, 3.05) is 38.0 Å². The van der Waals surface area contributed by atoms with Crippen LogP contribution in [0, 0.1) is 0 Å². The number of ether oxygens (including phenoxy) is 2. The number of Topliss-reactive ketones (excluding diaryl/α,β-unsaturated/α-hetero) is 1. The second-order valence-corrected chi connectivity index (χ2v) is 6.84. The molecule has 0 aliphatic carbocycles. The topological polar surface area (TPSA) is 51.1 Å². The number of thioether (sulfide) groups is 1. The van der Waals surface area contributed by atoms with E-state index in [1.807, 2.05) is 35.2 Å². The fourth-order valence-corrected chi connectivity index (χ4v) is 3.70. The number of carbonyl (C=O) groups excluding carboxylic acids is 1. The van der Waals surface area contributed by atoms with E-state index in [2.05, 4.69) is 4.99 Å². The smallest absolute Gasteiger partial charge is 0.182 e. The summed E-state index contributed by atoms with van der Waals surface area (Å²) < 4.78 is 10.6. The van der Waals surface area contributed by atoms with Crippen LogP contribution in [-0.2, 0) is 0 Å². The minimum atomic E-state index is 0.00341. The van der Waals surface area contributed by atoms with Crippen molar-refractivity contribution in [3.63, 3.8) is 0 Å². The summed E-state index contributed by atoms with van der Waals surface area (Å²) in [5.74, 6) is 2.18. The zero-order chi connectivity index (χ0) is 18.4. The molecule has 0 radical (unpaired) electrons. The summed E-state index contributed by atoms with van der Waals surface area (Å²) in [6, 6.07) is 15.1. The number of aliphatic imine (C=N–C) groups is 1. The molecule has 1 heterocycles. The van der Waals surface area contributed by atoms with Crippen LogP contribution in [-0.4, -0.2) is 44.0 Å². The molecule has 0 N–H and O–H groups in total. The van der Waals surface area contributed by atoms with Crippen molar-refractivity contribution in [3.05, 3.63) is 54.1 Å². The molecule has 0 atom stereocenters. The summed E-state index contributed by atoms with van der Waals surface area (Å²) in [5.41, 5.74) is 1.56. The van der Waals surface area contributed by atoms with Gasteiger partial charge in [-0.1, -0.05) is 30.0 Å². The molecule has 3 rings (SSSR count). The van der Waals surface area contributed by atoms with Gasteiger partial charge in [-0.25, -0.2) is 0 Å². The lowest BCUT2D eigenvalue weighted by Crippen LogP contribution is -2.35. The first-order chi connectivity index (χ1) is 12.7. The lowest BCUT2D eigenvalue weighted by atomic mass is 10.1. The van der Waals surface area contributed by atoms with E-state index < -0.39 is 0 Å². The van der Waals surface area contributed by atoms with Crippen molar-refractivity contribution in [2.45, 2.75) is 6.42 Å². The van der Waals surface area contributed by atoms with Crippen LogP contribution in [0.25, 0.3) is 0 Å². The molecule has 1 aliphatic rings. The quantitative estimate of drug-likeness (QED) is 0.722. The van der Waals surface area contributed by atoms with Crippen LogP contribution in [0.15, 0.2) is 53.5 Å². The number of rotatable bonds is 6. The fraction of sp³-hybridized carbons (Fsp3) is 0.300. The van der Waals surface area contributed by atoms with Gasteiger partial charge in [0.1, 0.15) is 0 Å². The minimum Gasteiger partial charge on any atom is -0.493 e. The molecular weight excluding hydrogens is 348 g/mol. The number of amidine groups is 1. The van der Waals surface area contributed by atoms with Gasteiger partial charge in [0, 0.05) is 23.5 Å². The molecule has 6 heteroatoms. The van der Waals surface area contributed by atoms with Crippen molar-refractivity contribution in [3.8, 4) is 11.5 Å². The highest BCUT2D eigenvalue weighted by atomic mass is 32.2. The number of anilines is 1. The van der Waals surface area contributed by atoms with Crippen LogP contribution in [0.3, 0.4) is 0 Å². The average Bonchev–Trinajstić information content (AvgIpc) is 2.72. The van der Waals surface area contributed by atoms with Crippen molar-refractivity contribution in [2.24, 2.45) is 4.99 Å². The molecule has 2 aromatic carbocycles. The van der Waals surface area contributed by atoms with E-state index in [0.29, 0.717) is 17.1 Å². The second kappa shape index (κ2) is 8.76. The molecule has 1 aliphatic heterocycles.